The molecule has 1 aromatic carbocycles. The molecular formula is C6H2ClF2NO4S. The molecule has 0 amide bonds. The first kappa shape index (κ1) is 11.8. The Bertz CT molecular complexity index is 530. The predicted molar refractivity (Wildman–Crippen MR) is 46.1 cm³/mol. The minimum absolute atomic E-state index is 0.442. The van der Waals surface area contributed by atoms with E-state index in [1.54, 1.807) is 0 Å². The third kappa shape index (κ3) is 2.21. The Morgan fingerprint density at radius 1 is 1.27 bits per heavy atom. The molecule has 0 N–H and O–H groups in total. The fourth-order valence-corrected chi connectivity index (χ4v) is 2.07. The van der Waals surface area contributed by atoms with E-state index < -0.39 is 36.2 Å². The Labute approximate surface area is 86.8 Å². The Morgan fingerprint density at radius 3 is 2.07 bits per heavy atom. The lowest BCUT2D eigenvalue weighted by Crippen LogP contribution is -2.04. The van der Waals surface area contributed by atoms with Gasteiger partial charge < -0.3 is 0 Å². The van der Waals surface area contributed by atoms with Gasteiger partial charge in [-0.2, -0.15) is 4.39 Å². The highest BCUT2D eigenvalue weighted by Crippen LogP contribution is 2.31. The second-order valence-electron chi connectivity index (χ2n) is 2.40. The van der Waals surface area contributed by atoms with Crippen molar-refractivity contribution in [2.24, 2.45) is 0 Å². The van der Waals surface area contributed by atoms with Crippen LogP contribution in [0.25, 0.3) is 0 Å². The fraction of sp³-hybridized carbons (Fsp3) is 0. The molecule has 0 unspecified atom stereocenters. The molecule has 0 spiro atoms. The summed E-state index contributed by atoms with van der Waals surface area (Å²) in [6.07, 6.45) is 0. The number of hydrogen-bond acceptors (Lipinski definition) is 4. The number of hydrogen-bond donors (Lipinski definition) is 0. The standard InChI is InChI=1S/C6H2ClF2NO4S/c7-15(13,14)6-4(9)2-1-3(8)5(6)10(11)12/h1-2H. The summed E-state index contributed by atoms with van der Waals surface area (Å²) in [6, 6.07) is 0.886. The number of benzene rings is 1. The van der Waals surface area contributed by atoms with E-state index >= 15 is 0 Å². The third-order valence-corrected chi connectivity index (χ3v) is 2.80. The van der Waals surface area contributed by atoms with Crippen LogP contribution in [0.15, 0.2) is 17.0 Å². The fourth-order valence-electron chi connectivity index (χ4n) is 0.925. The summed E-state index contributed by atoms with van der Waals surface area (Å²) >= 11 is 0. The maximum Gasteiger partial charge on any atom is 0.327 e. The van der Waals surface area contributed by atoms with Gasteiger partial charge in [0.25, 0.3) is 9.05 Å². The van der Waals surface area contributed by atoms with E-state index in [0.717, 1.165) is 0 Å². The second kappa shape index (κ2) is 3.70. The zero-order valence-electron chi connectivity index (χ0n) is 6.78. The highest BCUT2D eigenvalue weighted by molar-refractivity contribution is 8.13. The van der Waals surface area contributed by atoms with Crippen molar-refractivity contribution in [1.29, 1.82) is 0 Å². The van der Waals surface area contributed by atoms with Crippen molar-refractivity contribution < 1.29 is 22.1 Å². The monoisotopic (exact) mass is 257 g/mol. The largest absolute Gasteiger partial charge is 0.327 e. The highest BCUT2D eigenvalue weighted by atomic mass is 35.7. The normalized spacial score (nSPS) is 11.4. The molecule has 0 aliphatic rings. The molecule has 0 saturated heterocycles. The summed E-state index contributed by atoms with van der Waals surface area (Å²) < 4.78 is 47.4. The molecule has 0 heterocycles. The van der Waals surface area contributed by atoms with Crippen molar-refractivity contribution in [2.75, 3.05) is 0 Å². The molecule has 0 atom stereocenters. The molecule has 0 aromatic heterocycles. The van der Waals surface area contributed by atoms with Gasteiger partial charge in [-0.3, -0.25) is 10.1 Å². The van der Waals surface area contributed by atoms with Crippen LogP contribution in [0.4, 0.5) is 14.5 Å². The molecule has 15 heavy (non-hydrogen) atoms. The summed E-state index contributed by atoms with van der Waals surface area (Å²) in [4.78, 5) is 7.50. The van der Waals surface area contributed by atoms with Crippen LogP contribution in [-0.4, -0.2) is 13.3 Å². The van der Waals surface area contributed by atoms with Gasteiger partial charge in [0.1, 0.15) is 5.82 Å². The van der Waals surface area contributed by atoms with Crippen LogP contribution < -0.4 is 0 Å². The number of halogens is 3. The molecule has 0 aliphatic carbocycles. The molecule has 1 rings (SSSR count). The molecule has 1 aromatic rings. The Morgan fingerprint density at radius 2 is 1.73 bits per heavy atom. The van der Waals surface area contributed by atoms with Gasteiger partial charge in [0, 0.05) is 10.7 Å². The molecule has 0 bridgehead atoms. The van der Waals surface area contributed by atoms with Gasteiger partial charge in [0.05, 0.1) is 4.92 Å². The van der Waals surface area contributed by atoms with Crippen LogP contribution >= 0.6 is 10.7 Å². The zero-order valence-corrected chi connectivity index (χ0v) is 8.35. The van der Waals surface area contributed by atoms with E-state index in [9.17, 15) is 27.3 Å². The summed E-state index contributed by atoms with van der Waals surface area (Å²) in [5.41, 5.74) is -1.50. The average Bonchev–Trinajstić information content (AvgIpc) is 2.05. The lowest BCUT2D eigenvalue weighted by Gasteiger charge is -2.00. The van der Waals surface area contributed by atoms with Gasteiger partial charge >= 0.3 is 5.69 Å². The molecule has 0 radical (unpaired) electrons. The van der Waals surface area contributed by atoms with E-state index in [0.29, 0.717) is 12.1 Å². The Hall–Kier alpha value is -1.28. The average molecular weight is 258 g/mol. The number of nitro groups is 1. The maximum absolute atomic E-state index is 13.0. The lowest BCUT2D eigenvalue weighted by atomic mass is 10.3. The summed E-state index contributed by atoms with van der Waals surface area (Å²) in [5, 5.41) is 10.3. The predicted octanol–water partition coefficient (Wildman–Crippen LogP) is 1.80. The van der Waals surface area contributed by atoms with Crippen molar-refractivity contribution in [3.63, 3.8) is 0 Å². The van der Waals surface area contributed by atoms with Crippen molar-refractivity contribution in [3.05, 3.63) is 33.9 Å². The van der Waals surface area contributed by atoms with Crippen LogP contribution in [0.3, 0.4) is 0 Å². The van der Waals surface area contributed by atoms with Crippen LogP contribution in [0.5, 0.6) is 0 Å². The van der Waals surface area contributed by atoms with Gasteiger partial charge in [-0.25, -0.2) is 12.8 Å². The van der Waals surface area contributed by atoms with Crippen LogP contribution in [0, 0.1) is 21.7 Å². The Kier molecular flexibility index (Phi) is 2.91. The first-order valence-electron chi connectivity index (χ1n) is 3.32. The van der Waals surface area contributed by atoms with Gasteiger partial charge in [-0.1, -0.05) is 0 Å². The maximum atomic E-state index is 13.0. The number of rotatable bonds is 2. The van der Waals surface area contributed by atoms with Crippen molar-refractivity contribution in [1.82, 2.24) is 0 Å². The quantitative estimate of drug-likeness (QED) is 0.460. The van der Waals surface area contributed by atoms with Crippen LogP contribution in [-0.2, 0) is 9.05 Å². The van der Waals surface area contributed by atoms with Crippen LogP contribution in [0.1, 0.15) is 0 Å². The summed E-state index contributed by atoms with van der Waals surface area (Å²) in [6.45, 7) is 0. The molecule has 0 fully saturated rings. The number of nitro benzene ring substituents is 1. The topological polar surface area (TPSA) is 77.3 Å². The van der Waals surface area contributed by atoms with Crippen molar-refractivity contribution >= 4 is 25.4 Å². The van der Waals surface area contributed by atoms with E-state index in [-0.39, 0.29) is 0 Å². The van der Waals surface area contributed by atoms with E-state index in [2.05, 4.69) is 0 Å². The van der Waals surface area contributed by atoms with Crippen LogP contribution in [0.2, 0.25) is 0 Å². The molecular weight excluding hydrogens is 256 g/mol. The van der Waals surface area contributed by atoms with Crippen molar-refractivity contribution in [3.8, 4) is 0 Å². The summed E-state index contributed by atoms with van der Waals surface area (Å²) in [5.74, 6) is -2.95. The molecule has 5 nitrogen and oxygen atoms in total. The molecule has 0 saturated carbocycles. The van der Waals surface area contributed by atoms with E-state index in [1.807, 2.05) is 0 Å². The van der Waals surface area contributed by atoms with Gasteiger partial charge in [-0.05, 0) is 12.1 Å². The van der Waals surface area contributed by atoms with Crippen molar-refractivity contribution in [2.45, 2.75) is 4.90 Å². The lowest BCUT2D eigenvalue weighted by molar-refractivity contribution is -0.390. The van der Waals surface area contributed by atoms with Gasteiger partial charge in [0.15, 0.2) is 4.90 Å². The van der Waals surface area contributed by atoms with Gasteiger partial charge in [-0.15, -0.1) is 0 Å². The number of nitrogens with zero attached hydrogens (tertiary/aromatic N) is 1. The van der Waals surface area contributed by atoms with Gasteiger partial charge in [0.2, 0.25) is 5.82 Å². The summed E-state index contributed by atoms with van der Waals surface area (Å²) in [7, 11) is 0.0300. The first-order valence-corrected chi connectivity index (χ1v) is 5.63. The molecule has 82 valence electrons. The smallest absolute Gasteiger partial charge is 0.258 e. The molecule has 0 aliphatic heterocycles. The van der Waals surface area contributed by atoms with E-state index in [1.165, 1.54) is 0 Å². The second-order valence-corrected chi connectivity index (χ2v) is 4.90. The molecule has 9 heteroatoms. The Balaban J connectivity index is 3.76. The zero-order chi connectivity index (χ0) is 11.8. The third-order valence-electron chi connectivity index (χ3n) is 1.46. The minimum atomic E-state index is -4.72. The van der Waals surface area contributed by atoms with E-state index in [4.69, 9.17) is 10.7 Å². The minimum Gasteiger partial charge on any atom is -0.258 e. The first-order chi connectivity index (χ1) is 6.75. The SMILES string of the molecule is O=[N+]([O-])c1c(F)ccc(F)c1S(=O)(=O)Cl. The highest BCUT2D eigenvalue weighted by Gasteiger charge is 2.32.